The molecule has 0 bridgehead atoms. The number of pyridine rings is 1. The molecule has 0 fully saturated rings. The van der Waals surface area contributed by atoms with E-state index >= 15 is 0 Å². The predicted molar refractivity (Wildman–Crippen MR) is 110 cm³/mol. The number of thiophene rings is 1. The number of aromatic nitrogens is 1. The summed E-state index contributed by atoms with van der Waals surface area (Å²) in [6.45, 7) is 1.97. The number of allylic oxidation sites excluding steroid dienone is 1. The molecule has 1 atom stereocenters. The molecule has 136 valence electrons. The van der Waals surface area contributed by atoms with E-state index in [1.165, 1.54) is 11.3 Å². The van der Waals surface area contributed by atoms with Gasteiger partial charge in [-0.2, -0.15) is 5.26 Å². The second-order valence-corrected chi connectivity index (χ2v) is 7.75. The van der Waals surface area contributed by atoms with Crippen molar-refractivity contribution in [2.45, 2.75) is 12.8 Å². The van der Waals surface area contributed by atoms with Gasteiger partial charge in [-0.15, -0.1) is 11.3 Å². The van der Waals surface area contributed by atoms with E-state index in [4.69, 9.17) is 10.5 Å². The number of nitrogens with one attached hydrogen (secondary N) is 1. The first-order valence-electron chi connectivity index (χ1n) is 8.79. The maximum Gasteiger partial charge on any atom is 0.256 e. The highest BCUT2D eigenvalue weighted by molar-refractivity contribution is 7.10. The van der Waals surface area contributed by atoms with Crippen LogP contribution >= 0.6 is 11.3 Å². The zero-order valence-electron chi connectivity index (χ0n) is 14.9. The minimum Gasteiger partial charge on any atom is -0.439 e. The third-order valence-electron chi connectivity index (χ3n) is 5.24. The molecule has 1 aliphatic heterocycles. The van der Waals surface area contributed by atoms with Crippen molar-refractivity contribution < 1.29 is 4.74 Å². The SMILES string of the molecule is Cc1ccsc1C1C(C#N)=C(N)Oc2c1c(=O)[nH]c1c2ccc2ccccc21. The summed E-state index contributed by atoms with van der Waals surface area (Å²) in [6, 6.07) is 15.9. The number of benzene rings is 2. The van der Waals surface area contributed by atoms with E-state index in [0.29, 0.717) is 16.8 Å². The monoisotopic (exact) mass is 385 g/mol. The first kappa shape index (κ1) is 16.6. The van der Waals surface area contributed by atoms with Crippen molar-refractivity contribution in [3.05, 3.63) is 85.7 Å². The van der Waals surface area contributed by atoms with Crippen LogP contribution in [0.3, 0.4) is 0 Å². The van der Waals surface area contributed by atoms with E-state index in [2.05, 4.69) is 11.1 Å². The number of aryl methyl sites for hydroxylation is 1. The fraction of sp³-hybridized carbons (Fsp3) is 0.0909. The zero-order valence-corrected chi connectivity index (χ0v) is 15.8. The zero-order chi connectivity index (χ0) is 19.4. The van der Waals surface area contributed by atoms with Gasteiger partial charge in [-0.25, -0.2) is 0 Å². The number of fused-ring (bicyclic) bond motifs is 5. The van der Waals surface area contributed by atoms with E-state index in [-0.39, 0.29) is 17.0 Å². The summed E-state index contributed by atoms with van der Waals surface area (Å²) in [5, 5.41) is 14.4. The number of H-pyrrole nitrogens is 1. The summed E-state index contributed by atoms with van der Waals surface area (Å²) in [4.78, 5) is 17.2. The Kier molecular flexibility index (Phi) is 3.54. The van der Waals surface area contributed by atoms with E-state index in [0.717, 1.165) is 26.6 Å². The normalized spacial score (nSPS) is 16.1. The van der Waals surface area contributed by atoms with Crippen LogP contribution in [-0.4, -0.2) is 4.98 Å². The van der Waals surface area contributed by atoms with Gasteiger partial charge in [0, 0.05) is 15.6 Å². The Balaban J connectivity index is 1.92. The number of hydrogen-bond donors (Lipinski definition) is 2. The molecule has 0 amide bonds. The molecule has 0 spiro atoms. The molecule has 0 aliphatic carbocycles. The van der Waals surface area contributed by atoms with Crippen molar-refractivity contribution in [1.82, 2.24) is 4.98 Å². The van der Waals surface area contributed by atoms with Gasteiger partial charge in [-0.05, 0) is 35.4 Å². The van der Waals surface area contributed by atoms with E-state index < -0.39 is 5.92 Å². The molecule has 3 heterocycles. The minimum absolute atomic E-state index is 0.0489. The van der Waals surface area contributed by atoms with Gasteiger partial charge in [0.15, 0.2) is 0 Å². The molecule has 4 aromatic rings. The fourth-order valence-electron chi connectivity index (χ4n) is 3.91. The van der Waals surface area contributed by atoms with Gasteiger partial charge in [0.25, 0.3) is 5.56 Å². The molecule has 0 radical (unpaired) electrons. The number of aromatic amines is 1. The Morgan fingerprint density at radius 2 is 2.00 bits per heavy atom. The van der Waals surface area contributed by atoms with Crippen LogP contribution in [0.1, 0.15) is 21.9 Å². The Morgan fingerprint density at radius 1 is 1.18 bits per heavy atom. The van der Waals surface area contributed by atoms with Crippen molar-refractivity contribution in [2.24, 2.45) is 5.73 Å². The average molecular weight is 385 g/mol. The quantitative estimate of drug-likeness (QED) is 0.479. The number of nitrogens with zero attached hydrogens (tertiary/aromatic N) is 1. The van der Waals surface area contributed by atoms with Crippen molar-refractivity contribution in [3.8, 4) is 11.8 Å². The van der Waals surface area contributed by atoms with Crippen LogP contribution in [0.2, 0.25) is 0 Å². The molecule has 1 unspecified atom stereocenters. The van der Waals surface area contributed by atoms with Crippen molar-refractivity contribution in [2.75, 3.05) is 0 Å². The second-order valence-electron chi connectivity index (χ2n) is 6.80. The van der Waals surface area contributed by atoms with Gasteiger partial charge < -0.3 is 15.5 Å². The standard InChI is InChI=1S/C22H15N3O2S/c1-11-8-9-28-20(11)16-15(10-23)21(24)27-19-14-7-6-12-4-2-3-5-13(12)18(14)25-22(26)17(16)19/h2-9,16H,24H2,1H3,(H,25,26). The first-order chi connectivity index (χ1) is 13.6. The summed E-state index contributed by atoms with van der Waals surface area (Å²) < 4.78 is 5.87. The van der Waals surface area contributed by atoms with Crippen LogP contribution in [0.25, 0.3) is 21.7 Å². The Morgan fingerprint density at radius 3 is 2.75 bits per heavy atom. The summed E-state index contributed by atoms with van der Waals surface area (Å²) >= 11 is 1.51. The van der Waals surface area contributed by atoms with Crippen LogP contribution in [0.4, 0.5) is 0 Å². The lowest BCUT2D eigenvalue weighted by atomic mass is 9.86. The van der Waals surface area contributed by atoms with Crippen LogP contribution < -0.4 is 16.0 Å². The third-order valence-corrected chi connectivity index (χ3v) is 6.32. The molecular weight excluding hydrogens is 370 g/mol. The highest BCUT2D eigenvalue weighted by Crippen LogP contribution is 2.45. The third kappa shape index (κ3) is 2.20. The molecule has 3 N–H and O–H groups in total. The van der Waals surface area contributed by atoms with Crippen LogP contribution in [0, 0.1) is 18.3 Å². The largest absolute Gasteiger partial charge is 0.439 e. The Bertz CT molecular complexity index is 1410. The molecule has 2 aromatic heterocycles. The maximum atomic E-state index is 13.2. The molecular formula is C22H15N3O2S. The topological polar surface area (TPSA) is 91.9 Å². The van der Waals surface area contributed by atoms with Gasteiger partial charge in [0.2, 0.25) is 5.88 Å². The van der Waals surface area contributed by atoms with Crippen LogP contribution in [-0.2, 0) is 0 Å². The van der Waals surface area contributed by atoms with E-state index in [1.807, 2.05) is 54.8 Å². The molecule has 2 aromatic carbocycles. The number of rotatable bonds is 1. The van der Waals surface area contributed by atoms with E-state index in [1.54, 1.807) is 0 Å². The first-order valence-corrected chi connectivity index (χ1v) is 9.67. The number of ether oxygens (including phenoxy) is 1. The molecule has 28 heavy (non-hydrogen) atoms. The Hall–Kier alpha value is -3.56. The molecule has 5 nitrogen and oxygen atoms in total. The highest BCUT2D eigenvalue weighted by Gasteiger charge is 2.36. The van der Waals surface area contributed by atoms with Crippen molar-refractivity contribution in [1.29, 1.82) is 5.26 Å². The van der Waals surface area contributed by atoms with Gasteiger partial charge in [-0.3, -0.25) is 4.79 Å². The van der Waals surface area contributed by atoms with Crippen molar-refractivity contribution in [3.63, 3.8) is 0 Å². The number of nitrogens with two attached hydrogens (primary N) is 1. The molecule has 6 heteroatoms. The lowest BCUT2D eigenvalue weighted by Crippen LogP contribution is -2.27. The second kappa shape index (κ2) is 5.98. The minimum atomic E-state index is -0.534. The molecule has 5 rings (SSSR count). The smallest absolute Gasteiger partial charge is 0.256 e. The van der Waals surface area contributed by atoms with E-state index in [9.17, 15) is 10.1 Å². The summed E-state index contributed by atoms with van der Waals surface area (Å²) in [6.07, 6.45) is 0. The van der Waals surface area contributed by atoms with Gasteiger partial charge in [0.1, 0.15) is 17.4 Å². The average Bonchev–Trinajstić information content (AvgIpc) is 3.12. The lowest BCUT2D eigenvalue weighted by molar-refractivity contribution is 0.397. The number of nitriles is 1. The predicted octanol–water partition coefficient (Wildman–Crippen LogP) is 4.27. The lowest BCUT2D eigenvalue weighted by Gasteiger charge is -2.26. The number of hydrogen-bond acceptors (Lipinski definition) is 5. The van der Waals surface area contributed by atoms with Crippen LogP contribution in [0.5, 0.6) is 5.75 Å². The molecule has 0 saturated carbocycles. The van der Waals surface area contributed by atoms with Gasteiger partial charge in [0.05, 0.1) is 17.0 Å². The summed E-state index contributed by atoms with van der Waals surface area (Å²) in [7, 11) is 0. The fourth-order valence-corrected chi connectivity index (χ4v) is 4.95. The molecule has 0 saturated heterocycles. The molecule has 1 aliphatic rings. The summed E-state index contributed by atoms with van der Waals surface area (Å²) in [5.41, 5.74) is 8.28. The van der Waals surface area contributed by atoms with Gasteiger partial charge in [-0.1, -0.05) is 30.3 Å². The van der Waals surface area contributed by atoms with Crippen molar-refractivity contribution >= 4 is 33.0 Å². The van der Waals surface area contributed by atoms with Gasteiger partial charge >= 0.3 is 0 Å². The Labute approximate surface area is 164 Å². The summed E-state index contributed by atoms with van der Waals surface area (Å²) in [5.74, 6) is -0.0555. The highest BCUT2D eigenvalue weighted by atomic mass is 32.1. The maximum absolute atomic E-state index is 13.2. The van der Waals surface area contributed by atoms with Crippen LogP contribution in [0.15, 0.2) is 64.1 Å².